The number of benzene rings is 3. The van der Waals surface area contributed by atoms with E-state index in [9.17, 15) is 32.3 Å². The first kappa shape index (κ1) is 25.6. The molecule has 0 radical (unpaired) electrons. The molecule has 7 nitrogen and oxygen atoms in total. The molecule has 1 aliphatic rings. The van der Waals surface area contributed by atoms with Crippen molar-refractivity contribution in [2.45, 2.75) is 12.2 Å². The number of hydrogen-bond acceptors (Lipinski definition) is 6. The number of rotatable bonds is 6. The fourth-order valence-electron chi connectivity index (χ4n) is 4.23. The Hall–Kier alpha value is -4.47. The van der Waals surface area contributed by atoms with Crippen LogP contribution in [0.1, 0.15) is 37.9 Å². The molecule has 10 heteroatoms. The van der Waals surface area contributed by atoms with Crippen LogP contribution >= 0.6 is 0 Å². The van der Waals surface area contributed by atoms with Crippen LogP contribution in [-0.4, -0.2) is 37.7 Å². The molecule has 2 atom stereocenters. The van der Waals surface area contributed by atoms with Gasteiger partial charge in [-0.2, -0.15) is 13.2 Å². The van der Waals surface area contributed by atoms with Crippen LogP contribution in [-0.2, 0) is 20.5 Å². The van der Waals surface area contributed by atoms with E-state index in [0.717, 1.165) is 29.2 Å². The van der Waals surface area contributed by atoms with Gasteiger partial charge in [0.25, 0.3) is 5.91 Å². The van der Waals surface area contributed by atoms with Crippen LogP contribution in [0.2, 0.25) is 0 Å². The van der Waals surface area contributed by atoms with E-state index in [-0.39, 0.29) is 16.8 Å². The molecule has 1 amide bonds. The molecule has 1 saturated heterocycles. The van der Waals surface area contributed by atoms with Gasteiger partial charge in [-0.15, -0.1) is 0 Å². The number of carbonyl (C=O) groups excluding carboxylic acids is 4. The number of alkyl halides is 3. The zero-order chi connectivity index (χ0) is 26.9. The molecule has 0 N–H and O–H groups in total. The number of amides is 1. The summed E-state index contributed by atoms with van der Waals surface area (Å²) in [5.74, 6) is -4.29. The minimum atomic E-state index is -4.60. The van der Waals surface area contributed by atoms with Gasteiger partial charge in [0.2, 0.25) is 5.78 Å². The van der Waals surface area contributed by atoms with Crippen molar-refractivity contribution in [2.75, 3.05) is 19.1 Å². The molecule has 190 valence electrons. The number of nitrogens with zero attached hydrogens (tertiary/aromatic N) is 1. The fourth-order valence-corrected chi connectivity index (χ4v) is 4.23. The molecule has 0 aliphatic carbocycles. The van der Waals surface area contributed by atoms with Gasteiger partial charge in [-0.05, 0) is 66.2 Å². The summed E-state index contributed by atoms with van der Waals surface area (Å²) in [5.41, 5.74) is -0.241. The highest BCUT2D eigenvalue weighted by atomic mass is 19.4. The van der Waals surface area contributed by atoms with Crippen LogP contribution < -0.4 is 9.64 Å². The molecule has 4 rings (SSSR count). The maximum Gasteiger partial charge on any atom is 0.416 e. The van der Waals surface area contributed by atoms with E-state index < -0.39 is 47.1 Å². The zero-order valence-corrected chi connectivity index (χ0v) is 19.6. The number of halogens is 3. The second-order valence-electron chi connectivity index (χ2n) is 8.21. The third-order valence-corrected chi connectivity index (χ3v) is 6.11. The number of methoxy groups -OCH3 is 2. The van der Waals surface area contributed by atoms with Crippen molar-refractivity contribution in [3.8, 4) is 5.75 Å². The van der Waals surface area contributed by atoms with Gasteiger partial charge in [0.15, 0.2) is 5.78 Å². The lowest BCUT2D eigenvalue weighted by atomic mass is 9.86. The van der Waals surface area contributed by atoms with Crippen molar-refractivity contribution in [3.05, 3.63) is 95.1 Å². The number of carbonyl (C=O) groups is 4. The summed E-state index contributed by atoms with van der Waals surface area (Å²) in [6.45, 7) is 0. The van der Waals surface area contributed by atoms with Crippen molar-refractivity contribution in [2.24, 2.45) is 5.92 Å². The van der Waals surface area contributed by atoms with Gasteiger partial charge in [-0.25, -0.2) is 4.79 Å². The van der Waals surface area contributed by atoms with Gasteiger partial charge in [-0.3, -0.25) is 19.3 Å². The highest BCUT2D eigenvalue weighted by Gasteiger charge is 2.52. The first-order valence-electron chi connectivity index (χ1n) is 11.0. The van der Waals surface area contributed by atoms with E-state index in [1.54, 1.807) is 0 Å². The fraction of sp³-hybridized carbons (Fsp3) is 0.185. The summed E-state index contributed by atoms with van der Waals surface area (Å²) in [6, 6.07) is 14.3. The maximum atomic E-state index is 13.5. The standard InChI is InChI=1S/C27H20F3NO6/c1-36-20-13-7-16(8-14-20)23(32)21-22(15-3-5-17(6-4-15)26(35)37-2)31(25(34)24(21)33)19-11-9-18(10-12-19)27(28,29)30/h3-14,21-22H,1-2H3. The van der Waals surface area contributed by atoms with Crippen LogP contribution in [0.15, 0.2) is 72.8 Å². The Bertz CT molecular complexity index is 1350. The van der Waals surface area contributed by atoms with E-state index >= 15 is 0 Å². The minimum absolute atomic E-state index is 0.0124. The molecular weight excluding hydrogens is 491 g/mol. The second kappa shape index (κ2) is 9.88. The van der Waals surface area contributed by atoms with Crippen LogP contribution in [0.4, 0.5) is 18.9 Å². The SMILES string of the molecule is COC(=O)c1ccc(C2C(C(=O)c3ccc(OC)cc3)C(=O)C(=O)N2c2ccc(C(F)(F)F)cc2)cc1. The molecule has 3 aromatic carbocycles. The summed E-state index contributed by atoms with van der Waals surface area (Å²) in [7, 11) is 2.66. The lowest BCUT2D eigenvalue weighted by molar-refractivity contribution is -0.137. The largest absolute Gasteiger partial charge is 0.497 e. The normalized spacial score (nSPS) is 17.6. The van der Waals surface area contributed by atoms with E-state index in [2.05, 4.69) is 4.74 Å². The number of hydrogen-bond donors (Lipinski definition) is 0. The van der Waals surface area contributed by atoms with E-state index in [1.165, 1.54) is 62.8 Å². The van der Waals surface area contributed by atoms with Crippen LogP contribution in [0.25, 0.3) is 0 Å². The molecule has 0 spiro atoms. The smallest absolute Gasteiger partial charge is 0.416 e. The van der Waals surface area contributed by atoms with Crippen molar-refractivity contribution in [1.29, 1.82) is 0 Å². The van der Waals surface area contributed by atoms with Crippen LogP contribution in [0.5, 0.6) is 5.75 Å². The van der Waals surface area contributed by atoms with Gasteiger partial charge in [0.1, 0.15) is 11.7 Å². The molecule has 1 heterocycles. The quantitative estimate of drug-likeness (QED) is 0.207. The number of anilines is 1. The van der Waals surface area contributed by atoms with Crippen LogP contribution in [0, 0.1) is 5.92 Å². The average Bonchev–Trinajstić information content (AvgIpc) is 3.17. The topological polar surface area (TPSA) is 90.0 Å². The summed E-state index contributed by atoms with van der Waals surface area (Å²) < 4.78 is 49.1. The minimum Gasteiger partial charge on any atom is -0.497 e. The van der Waals surface area contributed by atoms with E-state index in [1.807, 2.05) is 0 Å². The second-order valence-corrected chi connectivity index (χ2v) is 8.21. The summed E-state index contributed by atoms with van der Waals surface area (Å²) in [5, 5.41) is 0. The summed E-state index contributed by atoms with van der Waals surface area (Å²) in [4.78, 5) is 52.7. The highest BCUT2D eigenvalue weighted by molar-refractivity contribution is 6.49. The monoisotopic (exact) mass is 511 g/mol. The lowest BCUT2D eigenvalue weighted by Gasteiger charge is -2.27. The van der Waals surface area contributed by atoms with Gasteiger partial charge in [0.05, 0.1) is 31.4 Å². The van der Waals surface area contributed by atoms with Crippen molar-refractivity contribution < 1.29 is 41.8 Å². The number of ketones is 2. The molecular formula is C27H20F3NO6. The Morgan fingerprint density at radius 3 is 1.89 bits per heavy atom. The Morgan fingerprint density at radius 2 is 1.38 bits per heavy atom. The highest BCUT2D eigenvalue weighted by Crippen LogP contribution is 2.42. The summed E-state index contributed by atoms with van der Waals surface area (Å²) in [6.07, 6.45) is -4.60. The molecule has 1 aliphatic heterocycles. The molecule has 37 heavy (non-hydrogen) atoms. The molecule has 1 fully saturated rings. The predicted octanol–water partition coefficient (Wildman–Crippen LogP) is 4.66. The third-order valence-electron chi connectivity index (χ3n) is 6.11. The molecule has 3 aromatic rings. The van der Waals surface area contributed by atoms with Gasteiger partial charge in [0, 0.05) is 11.3 Å². The first-order valence-corrected chi connectivity index (χ1v) is 11.0. The van der Waals surface area contributed by atoms with Crippen molar-refractivity contribution in [1.82, 2.24) is 0 Å². The lowest BCUT2D eigenvalue weighted by Crippen LogP contribution is -2.30. The van der Waals surface area contributed by atoms with E-state index in [0.29, 0.717) is 11.3 Å². The Labute approximate surface area is 209 Å². The van der Waals surface area contributed by atoms with Gasteiger partial charge >= 0.3 is 12.1 Å². The Morgan fingerprint density at radius 1 is 0.811 bits per heavy atom. The van der Waals surface area contributed by atoms with Gasteiger partial charge in [-0.1, -0.05) is 12.1 Å². The molecule has 2 unspecified atom stereocenters. The zero-order valence-electron chi connectivity index (χ0n) is 19.6. The Balaban J connectivity index is 1.81. The van der Waals surface area contributed by atoms with Crippen LogP contribution in [0.3, 0.4) is 0 Å². The molecule has 0 saturated carbocycles. The maximum absolute atomic E-state index is 13.5. The number of ether oxygens (including phenoxy) is 2. The predicted molar refractivity (Wildman–Crippen MR) is 125 cm³/mol. The average molecular weight is 511 g/mol. The third kappa shape index (κ3) is 4.82. The number of esters is 1. The number of Topliss-reactive ketones (excluding diaryl/α,β-unsaturated/α-hetero) is 2. The van der Waals surface area contributed by atoms with Crippen molar-refractivity contribution in [3.63, 3.8) is 0 Å². The summed E-state index contributed by atoms with van der Waals surface area (Å²) >= 11 is 0. The molecule has 0 aromatic heterocycles. The van der Waals surface area contributed by atoms with Crippen molar-refractivity contribution >= 4 is 29.1 Å². The van der Waals surface area contributed by atoms with Gasteiger partial charge < -0.3 is 9.47 Å². The Kier molecular flexibility index (Phi) is 6.84. The van der Waals surface area contributed by atoms with E-state index in [4.69, 9.17) is 4.74 Å². The first-order chi connectivity index (χ1) is 17.6. The molecule has 0 bridgehead atoms.